The second-order valence-electron chi connectivity index (χ2n) is 9.21. The molecule has 160 valence electrons. The van der Waals surface area contributed by atoms with Gasteiger partial charge >= 0.3 is 6.09 Å². The van der Waals surface area contributed by atoms with Gasteiger partial charge in [0.25, 0.3) is 0 Å². The molecule has 2 aliphatic rings. The molecule has 0 bridgehead atoms. The van der Waals surface area contributed by atoms with Crippen LogP contribution in [0.15, 0.2) is 30.5 Å². The fourth-order valence-corrected chi connectivity index (χ4v) is 4.48. The van der Waals surface area contributed by atoms with E-state index in [-0.39, 0.29) is 29.9 Å². The number of rotatable bonds is 2. The molecule has 0 radical (unpaired) electrons. The Morgan fingerprint density at radius 2 is 1.83 bits per heavy atom. The van der Waals surface area contributed by atoms with Crippen LogP contribution >= 0.6 is 0 Å². The van der Waals surface area contributed by atoms with Gasteiger partial charge < -0.3 is 14.2 Å². The van der Waals surface area contributed by atoms with Crippen LogP contribution in [0.1, 0.15) is 64.0 Å². The van der Waals surface area contributed by atoms with Crippen LogP contribution in [0, 0.1) is 0 Å². The van der Waals surface area contributed by atoms with E-state index in [1.165, 1.54) is 0 Å². The standard InChI is InChI=1S/C23H29N3O4/c1-23(2,3)30-22(29)25-12-9-15(10-13-25)26-14-11-17-16(5-4-6-19(17)26)18-7-8-20(27)24-21(18)28/h4-6,11,14-15,18H,7-10,12-13H2,1-3H3,(H,24,27,28). The molecule has 1 unspecified atom stereocenters. The van der Waals surface area contributed by atoms with Crippen LogP contribution in [0.4, 0.5) is 4.79 Å². The van der Waals surface area contributed by atoms with Crippen LogP contribution in [0.25, 0.3) is 10.9 Å². The summed E-state index contributed by atoms with van der Waals surface area (Å²) in [6.45, 7) is 6.95. The number of amides is 3. The summed E-state index contributed by atoms with van der Waals surface area (Å²) in [6.07, 6.45) is 4.45. The lowest BCUT2D eigenvalue weighted by molar-refractivity contribution is -0.134. The lowest BCUT2D eigenvalue weighted by atomic mass is 9.88. The van der Waals surface area contributed by atoms with Gasteiger partial charge in [0, 0.05) is 42.7 Å². The number of aromatic nitrogens is 1. The van der Waals surface area contributed by atoms with Crippen molar-refractivity contribution in [2.75, 3.05) is 13.1 Å². The van der Waals surface area contributed by atoms with Crippen molar-refractivity contribution in [2.24, 2.45) is 0 Å². The molecule has 1 aromatic heterocycles. The predicted octanol–water partition coefficient (Wildman–Crippen LogP) is 3.73. The molecule has 7 heteroatoms. The van der Waals surface area contributed by atoms with E-state index >= 15 is 0 Å². The number of hydrogen-bond acceptors (Lipinski definition) is 4. The average Bonchev–Trinajstić information content (AvgIpc) is 3.11. The third-order valence-corrected chi connectivity index (χ3v) is 5.92. The van der Waals surface area contributed by atoms with Gasteiger partial charge in [0.1, 0.15) is 5.60 Å². The zero-order chi connectivity index (χ0) is 21.5. The molecule has 4 rings (SSSR count). The molecule has 7 nitrogen and oxygen atoms in total. The van der Waals surface area contributed by atoms with Crippen molar-refractivity contribution in [3.05, 3.63) is 36.0 Å². The van der Waals surface area contributed by atoms with Crippen LogP contribution in [0.3, 0.4) is 0 Å². The number of fused-ring (bicyclic) bond motifs is 1. The molecule has 30 heavy (non-hydrogen) atoms. The molecule has 3 amide bonds. The molecule has 0 saturated carbocycles. The fraction of sp³-hybridized carbons (Fsp3) is 0.522. The summed E-state index contributed by atoms with van der Waals surface area (Å²) in [5, 5.41) is 3.52. The number of benzene rings is 1. The Bertz CT molecular complexity index is 980. The second kappa shape index (κ2) is 7.78. The molecular formula is C23H29N3O4. The molecule has 2 aliphatic heterocycles. The van der Waals surface area contributed by atoms with Crippen LogP contribution in [0.5, 0.6) is 0 Å². The minimum absolute atomic E-state index is 0.197. The van der Waals surface area contributed by atoms with Crippen molar-refractivity contribution < 1.29 is 19.1 Å². The first-order valence-electron chi connectivity index (χ1n) is 10.6. The monoisotopic (exact) mass is 411 g/mol. The number of carbonyl (C=O) groups is 3. The number of ether oxygens (including phenoxy) is 1. The van der Waals surface area contributed by atoms with Crippen LogP contribution in [-0.2, 0) is 14.3 Å². The number of imide groups is 1. The molecule has 1 aromatic carbocycles. The topological polar surface area (TPSA) is 80.6 Å². The Kier molecular flexibility index (Phi) is 5.30. The molecule has 2 saturated heterocycles. The summed E-state index contributed by atoms with van der Waals surface area (Å²) in [6, 6.07) is 8.39. The van der Waals surface area contributed by atoms with Gasteiger partial charge in [-0.2, -0.15) is 0 Å². The van der Waals surface area contributed by atoms with Gasteiger partial charge in [-0.05, 0) is 57.7 Å². The maximum atomic E-state index is 12.4. The van der Waals surface area contributed by atoms with E-state index in [0.29, 0.717) is 25.9 Å². The number of likely N-dealkylation sites (tertiary alicyclic amines) is 1. The van der Waals surface area contributed by atoms with E-state index in [2.05, 4.69) is 28.2 Å². The Hall–Kier alpha value is -2.83. The first-order valence-corrected chi connectivity index (χ1v) is 10.6. The highest BCUT2D eigenvalue weighted by molar-refractivity contribution is 6.02. The Morgan fingerprint density at radius 1 is 1.10 bits per heavy atom. The van der Waals surface area contributed by atoms with E-state index in [9.17, 15) is 14.4 Å². The predicted molar refractivity (Wildman–Crippen MR) is 113 cm³/mol. The molecule has 3 heterocycles. The number of hydrogen-bond donors (Lipinski definition) is 1. The average molecular weight is 412 g/mol. The third-order valence-electron chi connectivity index (χ3n) is 5.92. The highest BCUT2D eigenvalue weighted by Crippen LogP contribution is 2.34. The van der Waals surface area contributed by atoms with Crippen molar-refractivity contribution in [1.29, 1.82) is 0 Å². The van der Waals surface area contributed by atoms with Crippen molar-refractivity contribution in [2.45, 2.75) is 64.0 Å². The molecular weight excluding hydrogens is 382 g/mol. The number of piperidine rings is 2. The van der Waals surface area contributed by atoms with E-state index in [1.54, 1.807) is 4.90 Å². The highest BCUT2D eigenvalue weighted by atomic mass is 16.6. The molecule has 2 fully saturated rings. The normalized spacial score (nSPS) is 21.0. The van der Waals surface area contributed by atoms with Gasteiger partial charge in [-0.3, -0.25) is 14.9 Å². The van der Waals surface area contributed by atoms with E-state index in [1.807, 2.05) is 32.9 Å². The van der Waals surface area contributed by atoms with Crippen molar-refractivity contribution in [1.82, 2.24) is 14.8 Å². The Balaban J connectivity index is 1.51. The zero-order valence-electron chi connectivity index (χ0n) is 17.8. The summed E-state index contributed by atoms with van der Waals surface area (Å²) in [4.78, 5) is 38.0. The molecule has 2 aromatic rings. The number of nitrogens with one attached hydrogen (secondary N) is 1. The molecule has 0 aliphatic carbocycles. The van der Waals surface area contributed by atoms with Gasteiger partial charge in [0.15, 0.2) is 0 Å². The fourth-order valence-electron chi connectivity index (χ4n) is 4.48. The summed E-state index contributed by atoms with van der Waals surface area (Å²) in [5.41, 5.74) is 1.58. The van der Waals surface area contributed by atoms with Crippen LogP contribution < -0.4 is 5.32 Å². The maximum absolute atomic E-state index is 12.4. The first kappa shape index (κ1) is 20.4. The lowest BCUT2D eigenvalue weighted by Gasteiger charge is -2.34. The quantitative estimate of drug-likeness (QED) is 0.764. The third kappa shape index (κ3) is 4.06. The lowest BCUT2D eigenvalue weighted by Crippen LogP contribution is -2.42. The van der Waals surface area contributed by atoms with Crippen molar-refractivity contribution >= 4 is 28.8 Å². The van der Waals surface area contributed by atoms with Crippen molar-refractivity contribution in [3.8, 4) is 0 Å². The van der Waals surface area contributed by atoms with Gasteiger partial charge in [0.05, 0.1) is 5.92 Å². The summed E-state index contributed by atoms with van der Waals surface area (Å²) in [7, 11) is 0. The van der Waals surface area contributed by atoms with E-state index in [0.717, 1.165) is 29.3 Å². The Morgan fingerprint density at radius 3 is 2.50 bits per heavy atom. The summed E-state index contributed by atoms with van der Waals surface area (Å²) in [5.74, 6) is -0.703. The van der Waals surface area contributed by atoms with Crippen molar-refractivity contribution in [3.63, 3.8) is 0 Å². The van der Waals surface area contributed by atoms with E-state index < -0.39 is 5.60 Å². The van der Waals surface area contributed by atoms with Gasteiger partial charge in [-0.25, -0.2) is 4.79 Å². The zero-order valence-corrected chi connectivity index (χ0v) is 17.8. The SMILES string of the molecule is CC(C)(C)OC(=O)N1CCC(n2ccc3c(C4CCC(=O)NC4=O)cccc32)CC1. The van der Waals surface area contributed by atoms with E-state index in [4.69, 9.17) is 4.74 Å². The molecule has 1 N–H and O–H groups in total. The van der Waals surface area contributed by atoms with Gasteiger partial charge in [-0.1, -0.05) is 12.1 Å². The smallest absolute Gasteiger partial charge is 0.410 e. The van der Waals surface area contributed by atoms with Crippen LogP contribution in [-0.4, -0.2) is 46.1 Å². The highest BCUT2D eigenvalue weighted by Gasteiger charge is 2.31. The largest absolute Gasteiger partial charge is 0.444 e. The minimum Gasteiger partial charge on any atom is -0.444 e. The van der Waals surface area contributed by atoms with Gasteiger partial charge in [0.2, 0.25) is 11.8 Å². The number of carbonyl (C=O) groups excluding carboxylic acids is 3. The van der Waals surface area contributed by atoms with Gasteiger partial charge in [-0.15, -0.1) is 0 Å². The first-order chi connectivity index (χ1) is 14.2. The second-order valence-corrected chi connectivity index (χ2v) is 9.21. The molecule has 0 spiro atoms. The Labute approximate surface area is 176 Å². The maximum Gasteiger partial charge on any atom is 0.410 e. The summed E-state index contributed by atoms with van der Waals surface area (Å²) >= 11 is 0. The molecule has 1 atom stereocenters. The van der Waals surface area contributed by atoms with Crippen LogP contribution in [0.2, 0.25) is 0 Å². The minimum atomic E-state index is -0.489. The summed E-state index contributed by atoms with van der Waals surface area (Å²) < 4.78 is 7.75. The number of nitrogens with zero attached hydrogens (tertiary/aromatic N) is 2.